The molecule has 0 aromatic heterocycles. The van der Waals surface area contributed by atoms with Gasteiger partial charge in [0.2, 0.25) is 0 Å². The molecule has 0 bridgehead atoms. The largest absolute Gasteiger partial charge is 0.490 e. The van der Waals surface area contributed by atoms with Crippen LogP contribution in [0.25, 0.3) is 0 Å². The number of allylic oxidation sites excluding steroid dienone is 2. The van der Waals surface area contributed by atoms with Gasteiger partial charge < -0.3 is 8.92 Å². The predicted molar refractivity (Wildman–Crippen MR) is 110 cm³/mol. The van der Waals surface area contributed by atoms with Crippen LogP contribution in [0.15, 0.2) is 23.8 Å². The number of hydrogen-bond acceptors (Lipinski definition) is 4. The van der Waals surface area contributed by atoms with Gasteiger partial charge in [-0.3, -0.25) is 0 Å². The van der Waals surface area contributed by atoms with E-state index in [1.165, 1.54) is 36.8 Å². The monoisotopic (exact) mass is 405 g/mol. The van der Waals surface area contributed by atoms with Gasteiger partial charge in [-0.05, 0) is 98.8 Å². The van der Waals surface area contributed by atoms with E-state index < -0.39 is 10.3 Å². The van der Waals surface area contributed by atoms with Crippen LogP contribution in [0.3, 0.4) is 0 Å². The van der Waals surface area contributed by atoms with Crippen molar-refractivity contribution in [2.75, 3.05) is 6.61 Å². The van der Waals surface area contributed by atoms with Crippen LogP contribution in [0.4, 0.5) is 0 Å². The number of nitrogens with two attached hydrogens (primary N) is 1. The normalized spacial score (nSPS) is 33.1. The van der Waals surface area contributed by atoms with Gasteiger partial charge >= 0.3 is 10.3 Å². The average Bonchev–Trinajstić information content (AvgIpc) is 2.97. The van der Waals surface area contributed by atoms with Gasteiger partial charge in [0, 0.05) is 0 Å². The Hall–Kier alpha value is -1.53. The second kappa shape index (κ2) is 7.06. The molecule has 0 spiro atoms. The predicted octanol–water partition coefficient (Wildman–Crippen LogP) is 4.47. The van der Waals surface area contributed by atoms with E-state index in [-0.39, 0.29) is 5.75 Å². The maximum absolute atomic E-state index is 11.5. The summed E-state index contributed by atoms with van der Waals surface area (Å²) in [5.41, 5.74) is 4.50. The zero-order valence-electron chi connectivity index (χ0n) is 17.0. The van der Waals surface area contributed by atoms with Gasteiger partial charge in [-0.15, -0.1) is 0 Å². The van der Waals surface area contributed by atoms with Gasteiger partial charge in [0.05, 0.1) is 6.61 Å². The first-order valence-corrected chi connectivity index (χ1v) is 11.9. The van der Waals surface area contributed by atoms with Gasteiger partial charge in [0.15, 0.2) is 11.5 Å². The minimum Gasteiger partial charge on any atom is -0.490 e. The van der Waals surface area contributed by atoms with Crippen LogP contribution in [-0.4, -0.2) is 15.0 Å². The summed E-state index contributed by atoms with van der Waals surface area (Å²) in [6.07, 6.45) is 9.36. The maximum atomic E-state index is 11.5. The molecular weight excluding hydrogens is 374 g/mol. The Balaban J connectivity index is 1.71. The smallest absolute Gasteiger partial charge is 0.380 e. The molecule has 154 valence electrons. The Morgan fingerprint density at radius 1 is 1.21 bits per heavy atom. The Bertz CT molecular complexity index is 907. The fourth-order valence-electron chi connectivity index (χ4n) is 6.36. The van der Waals surface area contributed by atoms with Gasteiger partial charge in [-0.2, -0.15) is 13.6 Å². The van der Waals surface area contributed by atoms with Crippen LogP contribution in [0.2, 0.25) is 0 Å². The van der Waals surface area contributed by atoms with Crippen molar-refractivity contribution in [3.05, 3.63) is 34.9 Å². The SMILES string of the molecule is C/C=C1/CCC2C3CCc4cc(OS(N)(=O)=O)c(OCC)cc4C3CC[C@]12C. The number of hydrogen-bond donors (Lipinski definition) is 1. The van der Waals surface area contributed by atoms with E-state index in [1.807, 2.05) is 19.1 Å². The van der Waals surface area contributed by atoms with Crippen LogP contribution in [0.5, 0.6) is 11.5 Å². The fraction of sp³-hybridized carbons (Fsp3) is 0.636. The zero-order valence-corrected chi connectivity index (χ0v) is 17.8. The fourth-order valence-corrected chi connectivity index (χ4v) is 6.74. The molecule has 2 N–H and O–H groups in total. The lowest BCUT2D eigenvalue weighted by atomic mass is 9.55. The maximum Gasteiger partial charge on any atom is 0.380 e. The minimum atomic E-state index is -4.08. The second-order valence-corrected chi connectivity index (χ2v) is 9.88. The van der Waals surface area contributed by atoms with E-state index in [0.717, 1.165) is 18.8 Å². The van der Waals surface area contributed by atoms with E-state index in [4.69, 9.17) is 14.1 Å². The summed E-state index contributed by atoms with van der Waals surface area (Å²) in [6, 6.07) is 3.85. The van der Waals surface area contributed by atoms with Crippen LogP contribution >= 0.6 is 0 Å². The summed E-state index contributed by atoms with van der Waals surface area (Å²) >= 11 is 0. The third kappa shape index (κ3) is 3.24. The van der Waals surface area contributed by atoms with Crippen LogP contribution in [0, 0.1) is 17.3 Å². The Morgan fingerprint density at radius 3 is 2.68 bits per heavy atom. The Kier molecular flexibility index (Phi) is 4.99. The van der Waals surface area contributed by atoms with Gasteiger partial charge in [0.25, 0.3) is 0 Å². The molecule has 1 aromatic carbocycles. The molecule has 4 rings (SSSR count). The Labute approximate surface area is 168 Å². The minimum absolute atomic E-state index is 0.208. The molecule has 0 amide bonds. The number of ether oxygens (including phenoxy) is 1. The molecule has 5 nitrogen and oxygen atoms in total. The van der Waals surface area contributed by atoms with Crippen molar-refractivity contribution >= 4 is 10.3 Å². The second-order valence-electron chi connectivity index (χ2n) is 8.73. The van der Waals surface area contributed by atoms with E-state index in [0.29, 0.717) is 29.6 Å². The lowest BCUT2D eigenvalue weighted by Crippen LogP contribution is -2.40. The van der Waals surface area contributed by atoms with E-state index in [9.17, 15) is 8.42 Å². The van der Waals surface area contributed by atoms with E-state index in [2.05, 4.69) is 19.9 Å². The lowest BCUT2D eigenvalue weighted by molar-refractivity contribution is 0.0812. The third-order valence-corrected chi connectivity index (χ3v) is 7.90. The standard InChI is InChI=1S/C22H31NO4S/c1-4-15-7-9-19-17-8-6-14-12-21(27-28(23,24)25)20(26-5-2)13-18(14)16(17)10-11-22(15,19)3/h4,12-13,16-17,19H,5-11H2,1-3H3,(H2,23,24,25)/b15-4-/t16?,17?,19?,22-/m1/s1. The Morgan fingerprint density at radius 2 is 2.00 bits per heavy atom. The molecule has 3 unspecified atom stereocenters. The summed E-state index contributed by atoms with van der Waals surface area (Å²) in [5, 5.41) is 5.10. The third-order valence-electron chi connectivity index (χ3n) is 7.49. The first-order valence-electron chi connectivity index (χ1n) is 10.4. The van der Waals surface area contributed by atoms with Crippen molar-refractivity contribution in [3.8, 4) is 11.5 Å². The summed E-state index contributed by atoms with van der Waals surface area (Å²) in [5.74, 6) is 2.62. The molecule has 3 aliphatic carbocycles. The van der Waals surface area contributed by atoms with Gasteiger partial charge in [-0.1, -0.05) is 18.6 Å². The van der Waals surface area contributed by atoms with Crippen LogP contribution < -0.4 is 14.1 Å². The van der Waals surface area contributed by atoms with Gasteiger partial charge in [0.1, 0.15) is 0 Å². The summed E-state index contributed by atoms with van der Waals surface area (Å²) < 4.78 is 33.7. The van der Waals surface area contributed by atoms with Crippen molar-refractivity contribution in [3.63, 3.8) is 0 Å². The highest BCUT2D eigenvalue weighted by molar-refractivity contribution is 7.84. The number of benzene rings is 1. The molecule has 1 aromatic rings. The molecular formula is C22H31NO4S. The number of aryl methyl sites for hydroxylation is 1. The molecule has 2 fully saturated rings. The first-order chi connectivity index (χ1) is 13.3. The molecule has 4 atom stereocenters. The van der Waals surface area contributed by atoms with Crippen molar-refractivity contribution < 1.29 is 17.3 Å². The highest BCUT2D eigenvalue weighted by Gasteiger charge is 2.52. The molecule has 0 saturated heterocycles. The lowest BCUT2D eigenvalue weighted by Gasteiger charge is -2.49. The molecule has 6 heteroatoms. The van der Waals surface area contributed by atoms with Crippen LogP contribution in [0.1, 0.15) is 69.9 Å². The molecule has 0 radical (unpaired) electrons. The van der Waals surface area contributed by atoms with E-state index >= 15 is 0 Å². The van der Waals surface area contributed by atoms with E-state index in [1.54, 1.807) is 5.57 Å². The molecule has 3 aliphatic rings. The topological polar surface area (TPSA) is 78.6 Å². The average molecular weight is 406 g/mol. The van der Waals surface area contributed by atoms with Crippen molar-refractivity contribution in [2.45, 2.75) is 65.2 Å². The quantitative estimate of drug-likeness (QED) is 0.750. The summed E-state index contributed by atoms with van der Waals surface area (Å²) in [6.45, 7) is 6.98. The van der Waals surface area contributed by atoms with Crippen molar-refractivity contribution in [2.24, 2.45) is 22.4 Å². The highest BCUT2D eigenvalue weighted by Crippen LogP contribution is 2.63. The number of rotatable bonds is 4. The first kappa shape index (κ1) is 19.8. The summed E-state index contributed by atoms with van der Waals surface area (Å²) in [7, 11) is -4.08. The van der Waals surface area contributed by atoms with Gasteiger partial charge in [-0.25, -0.2) is 0 Å². The van der Waals surface area contributed by atoms with Crippen molar-refractivity contribution in [1.82, 2.24) is 0 Å². The highest BCUT2D eigenvalue weighted by atomic mass is 32.2. The molecule has 0 heterocycles. The molecule has 2 saturated carbocycles. The molecule has 28 heavy (non-hydrogen) atoms. The molecule has 0 aliphatic heterocycles. The van der Waals surface area contributed by atoms with Crippen molar-refractivity contribution in [1.29, 1.82) is 0 Å². The number of fused-ring (bicyclic) bond motifs is 5. The zero-order chi connectivity index (χ0) is 20.1. The van der Waals surface area contributed by atoms with Crippen LogP contribution in [-0.2, 0) is 16.7 Å². The summed E-state index contributed by atoms with van der Waals surface area (Å²) in [4.78, 5) is 0.